The molecule has 0 spiro atoms. The zero-order chi connectivity index (χ0) is 15.6. The quantitative estimate of drug-likeness (QED) is 0.892. The van der Waals surface area contributed by atoms with Gasteiger partial charge in [0.25, 0.3) is 0 Å². The van der Waals surface area contributed by atoms with Gasteiger partial charge in [0, 0.05) is 18.7 Å². The van der Waals surface area contributed by atoms with Crippen molar-refractivity contribution in [3.05, 3.63) is 51.3 Å². The van der Waals surface area contributed by atoms with Crippen LogP contribution in [0.15, 0.2) is 22.8 Å². The minimum Gasteiger partial charge on any atom is -0.383 e. The molecule has 2 aromatic rings. The monoisotopic (exact) mass is 359 g/mol. The molecule has 21 heavy (non-hydrogen) atoms. The molecular formula is C14H16BrF2N3O. The summed E-state index contributed by atoms with van der Waals surface area (Å²) in [5.41, 5.74) is 7.36. The lowest BCUT2D eigenvalue weighted by Crippen LogP contribution is -2.21. The molecule has 1 unspecified atom stereocenters. The number of benzene rings is 1. The number of ether oxygens (including phenoxy) is 1. The Morgan fingerprint density at radius 1 is 1.38 bits per heavy atom. The Balaban J connectivity index is 2.42. The molecule has 1 heterocycles. The first kappa shape index (κ1) is 16.1. The SMILES string of the molecule is COCCn1ncc(Br)c1C(N)c1cc(C)c(F)cc1F. The number of rotatable bonds is 5. The lowest BCUT2D eigenvalue weighted by Gasteiger charge is -2.17. The number of hydrogen-bond acceptors (Lipinski definition) is 3. The average molecular weight is 360 g/mol. The first-order valence-electron chi connectivity index (χ1n) is 6.37. The predicted molar refractivity (Wildman–Crippen MR) is 78.9 cm³/mol. The van der Waals surface area contributed by atoms with Gasteiger partial charge in [-0.1, -0.05) is 0 Å². The normalized spacial score (nSPS) is 12.7. The van der Waals surface area contributed by atoms with Crippen molar-refractivity contribution in [3.8, 4) is 0 Å². The Kier molecular flexibility index (Phi) is 5.08. The van der Waals surface area contributed by atoms with Gasteiger partial charge in [-0.05, 0) is 34.5 Å². The summed E-state index contributed by atoms with van der Waals surface area (Å²) in [6.07, 6.45) is 1.60. The number of methoxy groups -OCH3 is 1. The van der Waals surface area contributed by atoms with Crippen LogP contribution in [0, 0.1) is 18.6 Å². The van der Waals surface area contributed by atoms with E-state index in [4.69, 9.17) is 10.5 Å². The van der Waals surface area contributed by atoms with Crippen molar-refractivity contribution in [2.75, 3.05) is 13.7 Å². The van der Waals surface area contributed by atoms with E-state index in [1.54, 1.807) is 24.9 Å². The maximum Gasteiger partial charge on any atom is 0.131 e. The summed E-state index contributed by atoms with van der Waals surface area (Å²) in [4.78, 5) is 0. The van der Waals surface area contributed by atoms with Gasteiger partial charge in [-0.25, -0.2) is 8.78 Å². The summed E-state index contributed by atoms with van der Waals surface area (Å²) in [5.74, 6) is -1.26. The summed E-state index contributed by atoms with van der Waals surface area (Å²) >= 11 is 3.36. The van der Waals surface area contributed by atoms with Gasteiger partial charge in [0.15, 0.2) is 0 Å². The van der Waals surface area contributed by atoms with E-state index in [0.29, 0.717) is 28.9 Å². The van der Waals surface area contributed by atoms with Crippen molar-refractivity contribution in [1.29, 1.82) is 0 Å². The highest BCUT2D eigenvalue weighted by Gasteiger charge is 2.22. The summed E-state index contributed by atoms with van der Waals surface area (Å²) in [7, 11) is 1.58. The van der Waals surface area contributed by atoms with Gasteiger partial charge in [0.05, 0.1) is 35.6 Å². The molecule has 0 saturated heterocycles. The first-order valence-corrected chi connectivity index (χ1v) is 7.16. The van der Waals surface area contributed by atoms with Gasteiger partial charge in [-0.2, -0.15) is 5.10 Å². The molecule has 0 amide bonds. The molecule has 4 nitrogen and oxygen atoms in total. The van der Waals surface area contributed by atoms with Gasteiger partial charge in [0.1, 0.15) is 11.6 Å². The van der Waals surface area contributed by atoms with Crippen LogP contribution in [0.4, 0.5) is 8.78 Å². The number of aryl methyl sites for hydroxylation is 1. The number of hydrogen-bond donors (Lipinski definition) is 1. The zero-order valence-corrected chi connectivity index (χ0v) is 13.3. The molecule has 2 rings (SSSR count). The fourth-order valence-electron chi connectivity index (χ4n) is 2.10. The average Bonchev–Trinajstić information content (AvgIpc) is 2.81. The molecule has 0 aliphatic carbocycles. The molecule has 7 heteroatoms. The second-order valence-electron chi connectivity index (χ2n) is 4.69. The molecular weight excluding hydrogens is 344 g/mol. The lowest BCUT2D eigenvalue weighted by atomic mass is 10.0. The molecule has 0 bridgehead atoms. The molecule has 2 N–H and O–H groups in total. The molecule has 1 atom stereocenters. The second-order valence-corrected chi connectivity index (χ2v) is 5.55. The fourth-order valence-corrected chi connectivity index (χ4v) is 2.65. The van der Waals surface area contributed by atoms with Gasteiger partial charge >= 0.3 is 0 Å². The van der Waals surface area contributed by atoms with Crippen molar-refractivity contribution >= 4 is 15.9 Å². The summed E-state index contributed by atoms with van der Waals surface area (Å²) < 4.78 is 34.7. The van der Waals surface area contributed by atoms with E-state index in [1.807, 2.05) is 0 Å². The van der Waals surface area contributed by atoms with E-state index in [1.165, 1.54) is 6.07 Å². The molecule has 114 valence electrons. The van der Waals surface area contributed by atoms with Crippen LogP contribution in [0.25, 0.3) is 0 Å². The van der Waals surface area contributed by atoms with E-state index in [0.717, 1.165) is 6.07 Å². The standard InChI is InChI=1S/C14H16BrF2N3O/c1-8-5-9(12(17)6-11(8)16)13(18)14-10(15)7-19-20(14)3-4-21-2/h5-7,13H,3-4,18H2,1-2H3. The largest absolute Gasteiger partial charge is 0.383 e. The Labute approximate surface area is 130 Å². The van der Waals surface area contributed by atoms with Gasteiger partial charge in [-0.3, -0.25) is 4.68 Å². The minimum absolute atomic E-state index is 0.230. The first-order chi connectivity index (χ1) is 9.95. The third kappa shape index (κ3) is 3.30. The van der Waals surface area contributed by atoms with Gasteiger partial charge in [0.2, 0.25) is 0 Å². The van der Waals surface area contributed by atoms with Crippen LogP contribution in [0.2, 0.25) is 0 Å². The molecule has 0 saturated carbocycles. The van der Waals surface area contributed by atoms with Crippen LogP contribution in [0.1, 0.15) is 22.9 Å². The molecule has 1 aromatic carbocycles. The van der Waals surface area contributed by atoms with Crippen molar-refractivity contribution < 1.29 is 13.5 Å². The van der Waals surface area contributed by atoms with E-state index in [9.17, 15) is 8.78 Å². The molecule has 0 aliphatic rings. The van der Waals surface area contributed by atoms with E-state index < -0.39 is 17.7 Å². The van der Waals surface area contributed by atoms with Crippen molar-refractivity contribution in [2.45, 2.75) is 19.5 Å². The topological polar surface area (TPSA) is 53.1 Å². The Hall–Kier alpha value is -1.31. The number of halogens is 3. The number of nitrogens with zero attached hydrogens (tertiary/aromatic N) is 2. The predicted octanol–water partition coefficient (Wildman–Crippen LogP) is 2.93. The molecule has 1 aromatic heterocycles. The summed E-state index contributed by atoms with van der Waals surface area (Å²) in [6, 6.07) is 1.53. The molecule has 0 fully saturated rings. The molecule has 0 aliphatic heterocycles. The smallest absolute Gasteiger partial charge is 0.131 e. The molecule has 0 radical (unpaired) electrons. The number of nitrogens with two attached hydrogens (primary N) is 1. The third-order valence-electron chi connectivity index (χ3n) is 3.25. The number of aromatic nitrogens is 2. The highest BCUT2D eigenvalue weighted by Crippen LogP contribution is 2.29. The van der Waals surface area contributed by atoms with E-state index in [2.05, 4.69) is 21.0 Å². The summed E-state index contributed by atoms with van der Waals surface area (Å²) in [5, 5.41) is 4.18. The third-order valence-corrected chi connectivity index (χ3v) is 3.86. The summed E-state index contributed by atoms with van der Waals surface area (Å²) in [6.45, 7) is 2.52. The van der Waals surface area contributed by atoms with E-state index in [-0.39, 0.29) is 5.56 Å². The van der Waals surface area contributed by atoms with Crippen molar-refractivity contribution in [2.24, 2.45) is 5.73 Å². The Bertz CT molecular complexity index is 645. The second kappa shape index (κ2) is 6.64. The Morgan fingerprint density at radius 2 is 2.10 bits per heavy atom. The van der Waals surface area contributed by atoms with E-state index >= 15 is 0 Å². The van der Waals surface area contributed by atoms with Crippen LogP contribution in [-0.2, 0) is 11.3 Å². The van der Waals surface area contributed by atoms with Gasteiger partial charge in [-0.15, -0.1) is 0 Å². The highest BCUT2D eigenvalue weighted by molar-refractivity contribution is 9.10. The van der Waals surface area contributed by atoms with Gasteiger partial charge < -0.3 is 10.5 Å². The minimum atomic E-state index is -0.752. The maximum atomic E-state index is 14.0. The van der Waals surface area contributed by atoms with Crippen molar-refractivity contribution in [1.82, 2.24) is 9.78 Å². The van der Waals surface area contributed by atoms with Crippen LogP contribution in [-0.4, -0.2) is 23.5 Å². The van der Waals surface area contributed by atoms with Crippen molar-refractivity contribution in [3.63, 3.8) is 0 Å². The van der Waals surface area contributed by atoms with Crippen LogP contribution >= 0.6 is 15.9 Å². The fraction of sp³-hybridized carbons (Fsp3) is 0.357. The Morgan fingerprint density at radius 3 is 2.76 bits per heavy atom. The van der Waals surface area contributed by atoms with Crippen LogP contribution in [0.5, 0.6) is 0 Å². The van der Waals surface area contributed by atoms with Crippen LogP contribution in [0.3, 0.4) is 0 Å². The van der Waals surface area contributed by atoms with Crippen LogP contribution < -0.4 is 5.73 Å². The maximum absolute atomic E-state index is 14.0. The highest BCUT2D eigenvalue weighted by atomic mass is 79.9. The lowest BCUT2D eigenvalue weighted by molar-refractivity contribution is 0.182. The zero-order valence-electron chi connectivity index (χ0n) is 11.7.